The number of anilines is 1. The van der Waals surface area contributed by atoms with Gasteiger partial charge in [0.15, 0.2) is 5.75 Å². The number of piperidine rings is 1. The molecule has 13 heteroatoms. The molecule has 0 bridgehead atoms. The van der Waals surface area contributed by atoms with Crippen LogP contribution >= 0.6 is 27.3 Å². The Labute approximate surface area is 343 Å². The van der Waals surface area contributed by atoms with Crippen LogP contribution < -0.4 is 15.4 Å². The quantitative estimate of drug-likeness (QED) is 0.0807. The Balaban J connectivity index is 0.771. The molecule has 4 heterocycles. The number of benzene rings is 4. The monoisotopic (exact) mass is 849 g/mol. The highest BCUT2D eigenvalue weighted by Gasteiger charge is 2.44. The average Bonchev–Trinajstić information content (AvgIpc) is 3.55. The molecule has 57 heavy (non-hydrogen) atoms. The normalized spacial score (nSPS) is 17.8. The van der Waals surface area contributed by atoms with E-state index in [1.165, 1.54) is 5.56 Å². The summed E-state index contributed by atoms with van der Waals surface area (Å²) in [5.41, 5.74) is 3.67. The zero-order chi connectivity index (χ0) is 39.5. The molecule has 11 nitrogen and oxygen atoms in total. The van der Waals surface area contributed by atoms with Crippen LogP contribution in [0.25, 0.3) is 20.5 Å². The highest BCUT2D eigenvalue weighted by atomic mass is 79.9. The van der Waals surface area contributed by atoms with Gasteiger partial charge in [0.05, 0.1) is 16.0 Å². The minimum Gasteiger partial charge on any atom is -0.508 e. The Kier molecular flexibility index (Phi) is 11.7. The SMILES string of the molecule is O=C1CCC(N2C(=O)c3ccc(NCCCN4CCCN(CCCc5ccc(Oc6c(-c7ccc(Br)cc7)sc7cc(O)ccc67)cc5)CC4)cc3C2=O)C(=O)N1. The van der Waals surface area contributed by atoms with Crippen molar-refractivity contribution in [3.05, 3.63) is 106 Å². The number of phenolic OH excluding ortho intramolecular Hbond substituents is 1. The predicted octanol–water partition coefficient (Wildman–Crippen LogP) is 7.67. The molecule has 294 valence electrons. The van der Waals surface area contributed by atoms with Crippen LogP contribution in [0.15, 0.2) is 89.4 Å². The topological polar surface area (TPSA) is 132 Å². The predicted molar refractivity (Wildman–Crippen MR) is 225 cm³/mol. The van der Waals surface area contributed by atoms with Crippen molar-refractivity contribution in [3.8, 4) is 27.7 Å². The molecule has 0 radical (unpaired) electrons. The Bertz CT molecular complexity index is 2310. The molecular weight excluding hydrogens is 806 g/mol. The molecule has 1 aromatic heterocycles. The summed E-state index contributed by atoms with van der Waals surface area (Å²) in [6.45, 7) is 6.96. The second-order valence-corrected chi connectivity index (χ2v) is 16.8. The van der Waals surface area contributed by atoms with Gasteiger partial charge in [-0.2, -0.15) is 0 Å². The van der Waals surface area contributed by atoms with Crippen LogP contribution in [-0.2, 0) is 16.0 Å². The van der Waals surface area contributed by atoms with Crippen LogP contribution in [0.4, 0.5) is 5.69 Å². The third kappa shape index (κ3) is 8.76. The van der Waals surface area contributed by atoms with E-state index in [1.54, 1.807) is 41.7 Å². The summed E-state index contributed by atoms with van der Waals surface area (Å²) in [4.78, 5) is 57.2. The van der Waals surface area contributed by atoms with Crippen LogP contribution in [0.2, 0.25) is 0 Å². The van der Waals surface area contributed by atoms with Gasteiger partial charge in [0.2, 0.25) is 11.8 Å². The summed E-state index contributed by atoms with van der Waals surface area (Å²) in [5.74, 6) is -0.167. The number of aromatic hydroxyl groups is 1. The van der Waals surface area contributed by atoms with Gasteiger partial charge < -0.3 is 25.0 Å². The van der Waals surface area contributed by atoms with Gasteiger partial charge in [-0.3, -0.25) is 29.4 Å². The number of ether oxygens (including phenoxy) is 1. The Morgan fingerprint density at radius 3 is 2.32 bits per heavy atom. The number of aryl methyl sites for hydroxylation is 1. The molecule has 2 saturated heterocycles. The van der Waals surface area contributed by atoms with Gasteiger partial charge in [-0.05, 0) is 130 Å². The number of nitrogens with one attached hydrogen (secondary N) is 2. The number of amides is 4. The number of halogens is 1. The summed E-state index contributed by atoms with van der Waals surface area (Å²) < 4.78 is 8.52. The summed E-state index contributed by atoms with van der Waals surface area (Å²) in [6, 6.07) is 26.2. The molecule has 3 N–H and O–H groups in total. The summed E-state index contributed by atoms with van der Waals surface area (Å²) in [7, 11) is 0. The number of carbonyl (C=O) groups is 4. The first-order valence-corrected chi connectivity index (χ1v) is 21.1. The largest absolute Gasteiger partial charge is 0.508 e. The zero-order valence-corrected chi connectivity index (χ0v) is 33.9. The van der Waals surface area contributed by atoms with Crippen LogP contribution in [0.5, 0.6) is 17.2 Å². The van der Waals surface area contributed by atoms with Gasteiger partial charge in [-0.25, -0.2) is 0 Å². The molecule has 1 unspecified atom stereocenters. The second kappa shape index (κ2) is 17.2. The van der Waals surface area contributed by atoms with E-state index in [9.17, 15) is 24.3 Å². The van der Waals surface area contributed by atoms with Crippen LogP contribution in [0.1, 0.15) is 58.4 Å². The lowest BCUT2D eigenvalue weighted by molar-refractivity contribution is -0.136. The number of hydrogen-bond donors (Lipinski definition) is 3. The van der Waals surface area contributed by atoms with Gasteiger partial charge in [0.25, 0.3) is 11.8 Å². The van der Waals surface area contributed by atoms with Gasteiger partial charge in [-0.1, -0.05) is 40.2 Å². The number of imide groups is 2. The van der Waals surface area contributed by atoms with Gasteiger partial charge in [0, 0.05) is 46.3 Å². The lowest BCUT2D eigenvalue weighted by Gasteiger charge is -2.27. The maximum atomic E-state index is 13.2. The minimum atomic E-state index is -0.967. The fraction of sp³-hybridized carbons (Fsp3) is 0.318. The van der Waals surface area contributed by atoms with Crippen molar-refractivity contribution in [2.75, 3.05) is 51.1 Å². The van der Waals surface area contributed by atoms with E-state index < -0.39 is 23.8 Å². The molecule has 2 fully saturated rings. The van der Waals surface area contributed by atoms with E-state index >= 15 is 0 Å². The van der Waals surface area contributed by atoms with Gasteiger partial charge in [0.1, 0.15) is 17.5 Å². The number of phenols is 1. The molecule has 0 saturated carbocycles. The molecule has 4 amide bonds. The van der Waals surface area contributed by atoms with E-state index in [-0.39, 0.29) is 35.6 Å². The summed E-state index contributed by atoms with van der Waals surface area (Å²) >= 11 is 5.14. The highest BCUT2D eigenvalue weighted by Crippen LogP contribution is 2.47. The highest BCUT2D eigenvalue weighted by molar-refractivity contribution is 9.10. The van der Waals surface area contributed by atoms with Crippen molar-refractivity contribution in [1.82, 2.24) is 20.0 Å². The molecule has 0 spiro atoms. The first-order valence-electron chi connectivity index (χ1n) is 19.5. The number of thiophene rings is 1. The Morgan fingerprint density at radius 1 is 0.825 bits per heavy atom. The van der Waals surface area contributed by atoms with Crippen molar-refractivity contribution >= 4 is 66.7 Å². The molecule has 5 aromatic rings. The van der Waals surface area contributed by atoms with E-state index in [1.807, 2.05) is 30.3 Å². The Hall–Kier alpha value is -5.08. The number of rotatable bonds is 13. The maximum Gasteiger partial charge on any atom is 0.262 e. The fourth-order valence-corrected chi connectivity index (χ4v) is 9.32. The number of carbonyl (C=O) groups excluding carboxylic acids is 4. The lowest BCUT2D eigenvalue weighted by Crippen LogP contribution is -2.54. The minimum absolute atomic E-state index is 0.0954. The Morgan fingerprint density at radius 2 is 1.56 bits per heavy atom. The molecule has 1 atom stereocenters. The summed E-state index contributed by atoms with van der Waals surface area (Å²) in [5, 5.41) is 16.7. The standard InChI is InChI=1S/C44H44BrN5O6S/c45-30-9-7-29(8-10-30)41-40(35-16-12-32(51)27-38(35)57-41)56-33-13-5-28(6-14-33)4-1-20-48-22-3-23-49(25-24-48)21-2-19-46-31-11-15-34-36(26-31)44(55)50(43(34)54)37-17-18-39(52)47-42(37)53/h5-16,26-27,37,46,51H,1-4,17-25H2,(H,47,52,53). The third-order valence-electron chi connectivity index (χ3n) is 10.9. The zero-order valence-electron chi connectivity index (χ0n) is 31.5. The van der Waals surface area contributed by atoms with Crippen molar-refractivity contribution in [1.29, 1.82) is 0 Å². The van der Waals surface area contributed by atoms with Crippen molar-refractivity contribution < 1.29 is 29.0 Å². The van der Waals surface area contributed by atoms with Crippen LogP contribution in [-0.4, -0.2) is 95.3 Å². The summed E-state index contributed by atoms with van der Waals surface area (Å²) in [6.07, 6.45) is 4.37. The van der Waals surface area contributed by atoms with E-state index in [0.717, 1.165) is 119 Å². The van der Waals surface area contributed by atoms with Crippen molar-refractivity contribution in [2.45, 2.75) is 44.6 Å². The van der Waals surface area contributed by atoms with Gasteiger partial charge >= 0.3 is 0 Å². The van der Waals surface area contributed by atoms with E-state index in [0.29, 0.717) is 0 Å². The van der Waals surface area contributed by atoms with E-state index in [2.05, 4.69) is 60.6 Å². The first-order chi connectivity index (χ1) is 27.7. The number of hydrogen-bond acceptors (Lipinski definition) is 10. The molecule has 4 aromatic carbocycles. The third-order valence-corrected chi connectivity index (χ3v) is 12.6. The second-order valence-electron chi connectivity index (χ2n) is 14.8. The fourth-order valence-electron chi connectivity index (χ4n) is 7.89. The van der Waals surface area contributed by atoms with Gasteiger partial charge in [-0.15, -0.1) is 11.3 Å². The van der Waals surface area contributed by atoms with Crippen molar-refractivity contribution in [2.24, 2.45) is 0 Å². The lowest BCUT2D eigenvalue weighted by atomic mass is 10.0. The maximum absolute atomic E-state index is 13.2. The van der Waals surface area contributed by atoms with Crippen LogP contribution in [0.3, 0.4) is 0 Å². The van der Waals surface area contributed by atoms with Crippen LogP contribution in [0, 0.1) is 0 Å². The smallest absolute Gasteiger partial charge is 0.262 e. The number of fused-ring (bicyclic) bond motifs is 2. The number of nitrogens with zero attached hydrogens (tertiary/aromatic N) is 3. The van der Waals surface area contributed by atoms with Crippen molar-refractivity contribution in [3.63, 3.8) is 0 Å². The van der Waals surface area contributed by atoms with E-state index in [4.69, 9.17) is 4.74 Å². The molecular formula is C44H44BrN5O6S. The molecule has 3 aliphatic heterocycles. The molecule has 3 aliphatic rings. The molecule has 8 rings (SSSR count). The molecule has 0 aliphatic carbocycles. The average molecular weight is 851 g/mol. The first kappa shape index (κ1) is 38.8.